The van der Waals surface area contributed by atoms with E-state index in [1.165, 1.54) is 7.11 Å². The van der Waals surface area contributed by atoms with E-state index in [2.05, 4.69) is 10.1 Å². The molecule has 0 aliphatic carbocycles. The third kappa shape index (κ3) is 3.95. The van der Waals surface area contributed by atoms with Crippen molar-refractivity contribution in [2.75, 3.05) is 14.2 Å². The summed E-state index contributed by atoms with van der Waals surface area (Å²) in [5.74, 6) is -0.446. The summed E-state index contributed by atoms with van der Waals surface area (Å²) in [6.45, 7) is 1.78. The van der Waals surface area contributed by atoms with Gasteiger partial charge in [0.1, 0.15) is 0 Å². The van der Waals surface area contributed by atoms with Crippen LogP contribution in [0.2, 0.25) is 0 Å². The Kier molecular flexibility index (Phi) is 5.08. The highest BCUT2D eigenvalue weighted by Crippen LogP contribution is 2.05. The van der Waals surface area contributed by atoms with Crippen LogP contribution in [0.1, 0.15) is 19.8 Å². The quantitative estimate of drug-likeness (QED) is 0.623. The zero-order valence-corrected chi connectivity index (χ0v) is 7.72. The maximum atomic E-state index is 10.9. The van der Waals surface area contributed by atoms with Crippen LogP contribution in [-0.4, -0.2) is 26.0 Å². The topological polar surface area (TPSA) is 55.4 Å². The lowest BCUT2D eigenvalue weighted by Crippen LogP contribution is -2.25. The fraction of sp³-hybridized carbons (Fsp3) is 0.750. The number of nitrogens with one attached hydrogen (secondary N) is 1. The maximum Gasteiger partial charge on any atom is 0.305 e. The monoisotopic (exact) mass is 173 g/mol. The van der Waals surface area contributed by atoms with Gasteiger partial charge in [-0.3, -0.25) is 9.59 Å². The summed E-state index contributed by atoms with van der Waals surface area (Å²) < 4.78 is 4.44. The molecule has 0 aliphatic rings. The van der Waals surface area contributed by atoms with Crippen LogP contribution in [0.25, 0.3) is 0 Å². The Morgan fingerprint density at radius 3 is 2.50 bits per heavy atom. The van der Waals surface area contributed by atoms with Crippen LogP contribution in [0.5, 0.6) is 0 Å². The number of carbonyl (C=O) groups excluding carboxylic acids is 2. The van der Waals surface area contributed by atoms with Gasteiger partial charge in [0, 0.05) is 19.4 Å². The van der Waals surface area contributed by atoms with Crippen LogP contribution in [-0.2, 0) is 14.3 Å². The van der Waals surface area contributed by atoms with Crippen LogP contribution in [0, 0.1) is 5.92 Å². The Labute approximate surface area is 72.3 Å². The van der Waals surface area contributed by atoms with Gasteiger partial charge >= 0.3 is 5.97 Å². The van der Waals surface area contributed by atoms with Crippen molar-refractivity contribution in [1.29, 1.82) is 0 Å². The van der Waals surface area contributed by atoms with Crippen molar-refractivity contribution in [3.63, 3.8) is 0 Å². The Balaban J connectivity index is 3.63. The molecule has 0 rings (SSSR count). The Morgan fingerprint density at radius 2 is 2.08 bits per heavy atom. The first-order valence-electron chi connectivity index (χ1n) is 3.90. The number of hydrogen-bond acceptors (Lipinski definition) is 3. The molecule has 0 aromatic rings. The lowest BCUT2D eigenvalue weighted by molar-refractivity contribution is -0.141. The molecule has 0 aromatic carbocycles. The van der Waals surface area contributed by atoms with Crippen LogP contribution >= 0.6 is 0 Å². The van der Waals surface area contributed by atoms with Crippen LogP contribution in [0.15, 0.2) is 0 Å². The lowest BCUT2D eigenvalue weighted by Gasteiger charge is -2.07. The van der Waals surface area contributed by atoms with Gasteiger partial charge in [0.05, 0.1) is 7.11 Å². The lowest BCUT2D eigenvalue weighted by atomic mass is 10.1. The second-order valence-corrected chi connectivity index (χ2v) is 2.63. The third-order valence-corrected chi connectivity index (χ3v) is 1.70. The van der Waals surface area contributed by atoms with Crippen molar-refractivity contribution in [2.24, 2.45) is 5.92 Å². The summed E-state index contributed by atoms with van der Waals surface area (Å²) >= 11 is 0. The molecular formula is C8H15NO3. The van der Waals surface area contributed by atoms with Crippen molar-refractivity contribution >= 4 is 11.9 Å². The van der Waals surface area contributed by atoms with Gasteiger partial charge in [-0.1, -0.05) is 6.92 Å². The van der Waals surface area contributed by atoms with Gasteiger partial charge < -0.3 is 10.1 Å². The molecule has 0 heterocycles. The molecule has 0 bridgehead atoms. The first kappa shape index (κ1) is 10.9. The van der Waals surface area contributed by atoms with Gasteiger partial charge in [0.25, 0.3) is 0 Å². The molecule has 1 N–H and O–H groups in total. The van der Waals surface area contributed by atoms with Gasteiger partial charge in [-0.25, -0.2) is 0 Å². The van der Waals surface area contributed by atoms with Crippen molar-refractivity contribution in [1.82, 2.24) is 5.32 Å². The predicted octanol–water partition coefficient (Wildman–Crippen LogP) is 0.322. The molecule has 0 saturated heterocycles. The first-order valence-corrected chi connectivity index (χ1v) is 3.90. The Hall–Kier alpha value is -1.06. The molecule has 0 fully saturated rings. The minimum atomic E-state index is -0.272. The summed E-state index contributed by atoms with van der Waals surface area (Å²) in [4.78, 5) is 21.6. The molecule has 0 saturated carbocycles. The number of amides is 1. The molecule has 0 unspecified atom stereocenters. The maximum absolute atomic E-state index is 10.9. The fourth-order valence-electron chi connectivity index (χ4n) is 0.814. The van der Waals surface area contributed by atoms with E-state index in [1.54, 1.807) is 14.0 Å². The van der Waals surface area contributed by atoms with E-state index < -0.39 is 0 Å². The van der Waals surface area contributed by atoms with Crippen molar-refractivity contribution in [2.45, 2.75) is 19.8 Å². The Morgan fingerprint density at radius 1 is 1.50 bits per heavy atom. The number of carbonyl (C=O) groups is 2. The molecule has 70 valence electrons. The molecule has 4 heteroatoms. The smallest absolute Gasteiger partial charge is 0.305 e. The zero-order valence-electron chi connectivity index (χ0n) is 7.72. The van der Waals surface area contributed by atoms with Crippen LogP contribution in [0.4, 0.5) is 0 Å². The zero-order chi connectivity index (χ0) is 9.56. The van der Waals surface area contributed by atoms with Crippen LogP contribution in [0.3, 0.4) is 0 Å². The number of methoxy groups -OCH3 is 1. The van der Waals surface area contributed by atoms with E-state index >= 15 is 0 Å². The third-order valence-electron chi connectivity index (χ3n) is 1.70. The molecule has 0 aliphatic heterocycles. The summed E-state index contributed by atoms with van der Waals surface area (Å²) in [7, 11) is 2.92. The van der Waals surface area contributed by atoms with Crippen LogP contribution < -0.4 is 5.32 Å². The highest BCUT2D eigenvalue weighted by molar-refractivity contribution is 5.78. The van der Waals surface area contributed by atoms with E-state index in [4.69, 9.17) is 0 Å². The van der Waals surface area contributed by atoms with Gasteiger partial charge in [-0.15, -0.1) is 0 Å². The fourth-order valence-corrected chi connectivity index (χ4v) is 0.814. The largest absolute Gasteiger partial charge is 0.469 e. The molecule has 1 atom stereocenters. The number of hydrogen-bond donors (Lipinski definition) is 1. The second-order valence-electron chi connectivity index (χ2n) is 2.63. The first-order chi connectivity index (χ1) is 5.61. The average Bonchev–Trinajstić information content (AvgIpc) is 2.11. The van der Waals surface area contributed by atoms with E-state index in [0.29, 0.717) is 12.8 Å². The average molecular weight is 173 g/mol. The molecule has 0 radical (unpaired) electrons. The van der Waals surface area contributed by atoms with E-state index in [9.17, 15) is 9.59 Å². The molecule has 0 aromatic heterocycles. The van der Waals surface area contributed by atoms with Gasteiger partial charge in [-0.05, 0) is 6.42 Å². The van der Waals surface area contributed by atoms with Crippen molar-refractivity contribution in [3.8, 4) is 0 Å². The minimum Gasteiger partial charge on any atom is -0.469 e. The SMILES string of the molecule is CNC(=O)[C@@H](C)CCC(=O)OC. The predicted molar refractivity (Wildman–Crippen MR) is 44.5 cm³/mol. The van der Waals surface area contributed by atoms with Crippen molar-refractivity contribution < 1.29 is 14.3 Å². The van der Waals surface area contributed by atoms with Gasteiger partial charge in [-0.2, -0.15) is 0 Å². The summed E-state index contributed by atoms with van der Waals surface area (Å²) in [6.07, 6.45) is 0.831. The highest BCUT2D eigenvalue weighted by atomic mass is 16.5. The van der Waals surface area contributed by atoms with E-state index in [-0.39, 0.29) is 17.8 Å². The summed E-state index contributed by atoms with van der Waals surface area (Å²) in [5, 5.41) is 2.52. The summed E-state index contributed by atoms with van der Waals surface area (Å²) in [5.41, 5.74) is 0. The second kappa shape index (κ2) is 5.57. The molecule has 4 nitrogen and oxygen atoms in total. The molecule has 12 heavy (non-hydrogen) atoms. The molecule has 1 amide bonds. The Bertz CT molecular complexity index is 168. The normalized spacial score (nSPS) is 11.9. The van der Waals surface area contributed by atoms with E-state index in [1.807, 2.05) is 0 Å². The van der Waals surface area contributed by atoms with Gasteiger partial charge in [0.15, 0.2) is 0 Å². The number of esters is 1. The number of rotatable bonds is 4. The minimum absolute atomic E-state index is 0.0427. The van der Waals surface area contributed by atoms with Gasteiger partial charge in [0.2, 0.25) is 5.91 Å². The highest BCUT2D eigenvalue weighted by Gasteiger charge is 2.12. The standard InChI is InChI=1S/C8H15NO3/c1-6(8(11)9-2)4-5-7(10)12-3/h6H,4-5H2,1-3H3,(H,9,11)/t6-/m0/s1. The van der Waals surface area contributed by atoms with E-state index in [0.717, 1.165) is 0 Å². The molecule has 0 spiro atoms. The molecular weight excluding hydrogens is 158 g/mol. The number of ether oxygens (including phenoxy) is 1. The van der Waals surface area contributed by atoms with Crippen molar-refractivity contribution in [3.05, 3.63) is 0 Å². The summed E-state index contributed by atoms with van der Waals surface area (Å²) in [6, 6.07) is 0.